The fraction of sp³-hybridized carbons (Fsp3) is 0.368. The molecule has 1 aliphatic heterocycles. The maximum atomic E-state index is 12.8. The molecule has 0 fully saturated rings. The monoisotopic (exact) mass is 458 g/mol. The third-order valence-electron chi connectivity index (χ3n) is 4.72. The van der Waals surface area contributed by atoms with Crippen molar-refractivity contribution in [3.63, 3.8) is 0 Å². The zero-order valence-electron chi connectivity index (χ0n) is 16.2. The van der Waals surface area contributed by atoms with Gasteiger partial charge in [0.15, 0.2) is 0 Å². The first-order valence-electron chi connectivity index (χ1n) is 9.12. The van der Waals surface area contributed by atoms with Crippen molar-refractivity contribution < 1.29 is 21.6 Å². The SMILES string of the molecule is CCCS(=O)(=O)N1CCc2ccc(NS(=O)(=O)c3ccc(OC)cc3Cl)cc2C1. The van der Waals surface area contributed by atoms with Crippen LogP contribution in [0.2, 0.25) is 5.02 Å². The number of halogens is 1. The van der Waals surface area contributed by atoms with Gasteiger partial charge in [-0.1, -0.05) is 24.6 Å². The lowest BCUT2D eigenvalue weighted by Crippen LogP contribution is -2.37. The van der Waals surface area contributed by atoms with E-state index in [0.717, 1.165) is 11.1 Å². The largest absolute Gasteiger partial charge is 0.497 e. The highest BCUT2D eigenvalue weighted by Crippen LogP contribution is 2.29. The zero-order chi connectivity index (χ0) is 21.2. The third kappa shape index (κ3) is 4.85. The number of ether oxygens (including phenoxy) is 1. The molecule has 2 aromatic rings. The van der Waals surface area contributed by atoms with Crippen LogP contribution in [0.1, 0.15) is 24.5 Å². The van der Waals surface area contributed by atoms with Crippen LogP contribution in [0.3, 0.4) is 0 Å². The van der Waals surface area contributed by atoms with E-state index < -0.39 is 20.0 Å². The second kappa shape index (κ2) is 8.51. The number of benzene rings is 2. The van der Waals surface area contributed by atoms with Crippen LogP contribution in [0, 0.1) is 0 Å². The molecule has 7 nitrogen and oxygen atoms in total. The predicted molar refractivity (Wildman–Crippen MR) is 113 cm³/mol. The molecule has 0 atom stereocenters. The number of hydrogen-bond donors (Lipinski definition) is 1. The van der Waals surface area contributed by atoms with E-state index in [0.29, 0.717) is 30.8 Å². The summed E-state index contributed by atoms with van der Waals surface area (Å²) in [5.74, 6) is 0.557. The van der Waals surface area contributed by atoms with E-state index >= 15 is 0 Å². The smallest absolute Gasteiger partial charge is 0.263 e. The molecular weight excluding hydrogens is 436 g/mol. The van der Waals surface area contributed by atoms with Crippen molar-refractivity contribution in [2.75, 3.05) is 24.1 Å². The number of hydrogen-bond acceptors (Lipinski definition) is 5. The lowest BCUT2D eigenvalue weighted by atomic mass is 10.0. The molecular formula is C19H23ClN2O5S2. The van der Waals surface area contributed by atoms with Crippen LogP contribution in [-0.2, 0) is 33.0 Å². The second-order valence-corrected chi connectivity index (χ2v) is 10.9. The van der Waals surface area contributed by atoms with Gasteiger partial charge in [-0.15, -0.1) is 0 Å². The van der Waals surface area contributed by atoms with Crippen molar-refractivity contribution in [1.29, 1.82) is 0 Å². The number of nitrogens with zero attached hydrogens (tertiary/aromatic N) is 1. The molecule has 3 rings (SSSR count). The molecule has 2 aromatic carbocycles. The molecule has 10 heteroatoms. The summed E-state index contributed by atoms with van der Waals surface area (Å²) in [6.07, 6.45) is 1.14. The normalized spacial score (nSPS) is 15.0. The molecule has 0 aromatic heterocycles. The van der Waals surface area contributed by atoms with Gasteiger partial charge in [0.05, 0.1) is 17.9 Å². The summed E-state index contributed by atoms with van der Waals surface area (Å²) in [4.78, 5) is -0.0650. The lowest BCUT2D eigenvalue weighted by Gasteiger charge is -2.28. The van der Waals surface area contributed by atoms with Crippen LogP contribution in [0.25, 0.3) is 0 Å². The van der Waals surface area contributed by atoms with Gasteiger partial charge in [-0.05, 0) is 48.2 Å². The Balaban J connectivity index is 1.85. The lowest BCUT2D eigenvalue weighted by molar-refractivity contribution is 0.391. The molecule has 158 valence electrons. The summed E-state index contributed by atoms with van der Waals surface area (Å²) in [6, 6.07) is 9.50. The standard InChI is InChI=1S/C19H23ClN2O5S2/c1-3-10-28(23,24)22-9-8-14-4-5-16(11-15(14)13-22)21-29(25,26)19-7-6-17(27-2)12-18(19)20/h4-7,11-12,21H,3,8-10,13H2,1-2H3. The van der Waals surface area contributed by atoms with Gasteiger partial charge in [0, 0.05) is 24.8 Å². The first-order chi connectivity index (χ1) is 13.7. The van der Waals surface area contributed by atoms with Crippen molar-refractivity contribution in [2.24, 2.45) is 0 Å². The van der Waals surface area contributed by atoms with Crippen molar-refractivity contribution >= 4 is 37.3 Å². The van der Waals surface area contributed by atoms with E-state index in [1.807, 2.05) is 13.0 Å². The van der Waals surface area contributed by atoms with Crippen LogP contribution >= 0.6 is 11.6 Å². The summed E-state index contributed by atoms with van der Waals surface area (Å²) < 4.78 is 59.3. The molecule has 0 saturated heterocycles. The Morgan fingerprint density at radius 2 is 1.86 bits per heavy atom. The van der Waals surface area contributed by atoms with Gasteiger partial charge in [0.25, 0.3) is 10.0 Å². The van der Waals surface area contributed by atoms with E-state index in [1.165, 1.54) is 29.6 Å². The highest BCUT2D eigenvalue weighted by molar-refractivity contribution is 7.92. The van der Waals surface area contributed by atoms with Crippen molar-refractivity contribution in [3.05, 3.63) is 52.5 Å². The Morgan fingerprint density at radius 1 is 1.10 bits per heavy atom. The average Bonchev–Trinajstić information content (AvgIpc) is 2.66. The van der Waals surface area contributed by atoms with Gasteiger partial charge in [-0.2, -0.15) is 4.31 Å². The summed E-state index contributed by atoms with van der Waals surface area (Å²) in [7, 11) is -5.76. The quantitative estimate of drug-likeness (QED) is 0.687. The Kier molecular flexibility index (Phi) is 6.42. The maximum absolute atomic E-state index is 12.8. The van der Waals surface area contributed by atoms with E-state index in [1.54, 1.807) is 12.1 Å². The fourth-order valence-corrected chi connectivity index (χ4v) is 6.32. The van der Waals surface area contributed by atoms with E-state index in [-0.39, 0.29) is 22.2 Å². The van der Waals surface area contributed by atoms with E-state index in [2.05, 4.69) is 4.72 Å². The number of methoxy groups -OCH3 is 1. The zero-order valence-corrected chi connectivity index (χ0v) is 18.6. The van der Waals surface area contributed by atoms with Crippen LogP contribution in [0.4, 0.5) is 5.69 Å². The molecule has 0 radical (unpaired) electrons. The van der Waals surface area contributed by atoms with Crippen molar-refractivity contribution in [2.45, 2.75) is 31.2 Å². The molecule has 1 N–H and O–H groups in total. The average molecular weight is 459 g/mol. The maximum Gasteiger partial charge on any atom is 0.263 e. The van der Waals surface area contributed by atoms with E-state index in [4.69, 9.17) is 16.3 Å². The first kappa shape index (κ1) is 21.9. The number of anilines is 1. The van der Waals surface area contributed by atoms with Gasteiger partial charge in [0.2, 0.25) is 10.0 Å². The van der Waals surface area contributed by atoms with Crippen molar-refractivity contribution in [3.8, 4) is 5.75 Å². The Bertz CT molecular complexity index is 1120. The fourth-order valence-electron chi connectivity index (χ4n) is 3.26. The molecule has 0 spiro atoms. The summed E-state index contributed by atoms with van der Waals surface area (Å²) >= 11 is 6.10. The molecule has 0 aliphatic carbocycles. The minimum atomic E-state index is -3.92. The Labute approximate surface area is 176 Å². The highest BCUT2D eigenvalue weighted by Gasteiger charge is 2.26. The number of fused-ring (bicyclic) bond motifs is 1. The Hall–Kier alpha value is -1.81. The third-order valence-corrected chi connectivity index (χ3v) is 8.61. The molecule has 29 heavy (non-hydrogen) atoms. The summed E-state index contributed by atoms with van der Waals surface area (Å²) in [5.41, 5.74) is 2.15. The predicted octanol–water partition coefficient (Wildman–Crippen LogP) is 3.25. The minimum absolute atomic E-state index is 0.0478. The summed E-state index contributed by atoms with van der Waals surface area (Å²) in [5, 5.41) is 0.0478. The van der Waals surface area contributed by atoms with Crippen LogP contribution in [0.5, 0.6) is 5.75 Å². The van der Waals surface area contributed by atoms with Crippen LogP contribution in [-0.4, -0.2) is 40.5 Å². The van der Waals surface area contributed by atoms with Crippen LogP contribution < -0.4 is 9.46 Å². The molecule has 0 unspecified atom stereocenters. The molecule has 0 saturated carbocycles. The minimum Gasteiger partial charge on any atom is -0.497 e. The van der Waals surface area contributed by atoms with Gasteiger partial charge < -0.3 is 4.74 Å². The summed E-state index contributed by atoms with van der Waals surface area (Å²) in [6.45, 7) is 2.49. The molecule has 1 heterocycles. The number of rotatable bonds is 7. The number of nitrogens with one attached hydrogen (secondary N) is 1. The molecule has 0 amide bonds. The van der Waals surface area contributed by atoms with Gasteiger partial charge >= 0.3 is 0 Å². The highest BCUT2D eigenvalue weighted by atomic mass is 35.5. The van der Waals surface area contributed by atoms with E-state index in [9.17, 15) is 16.8 Å². The second-order valence-electron chi connectivity index (χ2n) is 6.78. The molecule has 0 bridgehead atoms. The topological polar surface area (TPSA) is 92.8 Å². The Morgan fingerprint density at radius 3 is 2.52 bits per heavy atom. The van der Waals surface area contributed by atoms with Crippen LogP contribution in [0.15, 0.2) is 41.3 Å². The van der Waals surface area contributed by atoms with Gasteiger partial charge in [-0.25, -0.2) is 16.8 Å². The van der Waals surface area contributed by atoms with Gasteiger partial charge in [0.1, 0.15) is 10.6 Å². The van der Waals surface area contributed by atoms with Gasteiger partial charge in [-0.3, -0.25) is 4.72 Å². The first-order valence-corrected chi connectivity index (χ1v) is 12.6. The van der Waals surface area contributed by atoms with Crippen molar-refractivity contribution in [1.82, 2.24) is 4.31 Å². The molecule has 1 aliphatic rings. The number of sulfonamides is 2.